The molecular weight excluding hydrogens is 362 g/mol. The Kier molecular flexibility index (Phi) is 4.70. The third kappa shape index (κ3) is 3.45. The summed E-state index contributed by atoms with van der Waals surface area (Å²) in [5, 5.41) is 4.96. The van der Waals surface area contributed by atoms with Gasteiger partial charge in [0.2, 0.25) is 0 Å². The predicted octanol–water partition coefficient (Wildman–Crippen LogP) is 3.87. The van der Waals surface area contributed by atoms with E-state index in [0.29, 0.717) is 12.1 Å². The summed E-state index contributed by atoms with van der Waals surface area (Å²) in [6.45, 7) is 0.565. The van der Waals surface area contributed by atoms with Crippen molar-refractivity contribution < 1.29 is 4.79 Å². The number of aromatic nitrogens is 2. The van der Waals surface area contributed by atoms with Crippen LogP contribution in [0.3, 0.4) is 0 Å². The van der Waals surface area contributed by atoms with Crippen molar-refractivity contribution >= 4 is 33.2 Å². The van der Waals surface area contributed by atoms with Crippen LogP contribution in [0.5, 0.6) is 0 Å². The topological polar surface area (TPSA) is 57.8 Å². The van der Waals surface area contributed by atoms with Crippen molar-refractivity contribution in [1.29, 1.82) is 0 Å². The number of rotatable bonds is 5. The number of nitrogens with zero attached hydrogens (tertiary/aromatic N) is 1. The molecule has 2 aromatic heterocycles. The van der Waals surface area contributed by atoms with Crippen molar-refractivity contribution in [3.8, 4) is 10.6 Å². The zero-order valence-electron chi connectivity index (χ0n) is 11.7. The first-order valence-corrected chi connectivity index (χ1v) is 8.51. The van der Waals surface area contributed by atoms with Gasteiger partial charge in [-0.1, -0.05) is 22.0 Å². The van der Waals surface area contributed by atoms with Crippen LogP contribution in [-0.2, 0) is 6.42 Å². The number of amides is 1. The van der Waals surface area contributed by atoms with Gasteiger partial charge in [0.1, 0.15) is 5.69 Å². The van der Waals surface area contributed by atoms with Crippen LogP contribution in [0.15, 0.2) is 52.6 Å². The van der Waals surface area contributed by atoms with E-state index in [1.54, 1.807) is 29.8 Å². The van der Waals surface area contributed by atoms with Gasteiger partial charge in [-0.3, -0.25) is 4.79 Å². The van der Waals surface area contributed by atoms with Crippen molar-refractivity contribution in [1.82, 2.24) is 15.3 Å². The number of benzene rings is 1. The fraction of sp³-hybridized carbons (Fsp3) is 0.125. The molecule has 3 aromatic rings. The number of hydrogen-bond acceptors (Lipinski definition) is 3. The molecule has 0 saturated carbocycles. The number of H-pyrrole nitrogens is 1. The smallest absolute Gasteiger partial charge is 0.251 e. The Morgan fingerprint density at radius 2 is 2.09 bits per heavy atom. The van der Waals surface area contributed by atoms with Gasteiger partial charge in [0, 0.05) is 28.7 Å². The first-order chi connectivity index (χ1) is 10.7. The van der Waals surface area contributed by atoms with Crippen LogP contribution >= 0.6 is 27.3 Å². The second-order valence-corrected chi connectivity index (χ2v) is 6.58. The molecule has 112 valence electrons. The van der Waals surface area contributed by atoms with Gasteiger partial charge in [0.25, 0.3) is 5.91 Å². The van der Waals surface area contributed by atoms with E-state index in [0.717, 1.165) is 27.2 Å². The van der Waals surface area contributed by atoms with E-state index < -0.39 is 0 Å². The molecule has 0 unspecified atom stereocenters. The molecule has 0 bridgehead atoms. The molecule has 4 nitrogen and oxygen atoms in total. The van der Waals surface area contributed by atoms with Gasteiger partial charge in [0.05, 0.1) is 11.2 Å². The molecule has 1 amide bonds. The molecule has 0 atom stereocenters. The lowest BCUT2D eigenvalue weighted by Crippen LogP contribution is -2.25. The fourth-order valence-electron chi connectivity index (χ4n) is 2.14. The molecule has 0 radical (unpaired) electrons. The standard InChI is InChI=1S/C16H14BrN3OS/c17-12-5-3-11(4-6-12)16(21)18-8-7-13-15(20-10-19-13)14-2-1-9-22-14/h1-6,9-10H,7-8H2,(H,18,21)(H,19,20). The van der Waals surface area contributed by atoms with Gasteiger partial charge < -0.3 is 10.3 Å². The largest absolute Gasteiger partial charge is 0.352 e. The Balaban J connectivity index is 1.59. The first kappa shape index (κ1) is 15.0. The quantitative estimate of drug-likeness (QED) is 0.710. The molecule has 0 aliphatic rings. The van der Waals surface area contributed by atoms with Gasteiger partial charge in [0.15, 0.2) is 0 Å². The van der Waals surface area contributed by atoms with Crippen LogP contribution in [0.4, 0.5) is 0 Å². The number of halogens is 1. The number of hydrogen-bond donors (Lipinski definition) is 2. The molecule has 6 heteroatoms. The number of aromatic amines is 1. The van der Waals surface area contributed by atoms with E-state index in [9.17, 15) is 4.79 Å². The highest BCUT2D eigenvalue weighted by Gasteiger charge is 2.10. The summed E-state index contributed by atoms with van der Waals surface area (Å²) in [5.41, 5.74) is 2.66. The maximum Gasteiger partial charge on any atom is 0.251 e. The SMILES string of the molecule is O=C(NCCc1[nH]cnc1-c1cccs1)c1ccc(Br)cc1. The molecule has 2 heterocycles. The van der Waals surface area contributed by atoms with E-state index in [1.807, 2.05) is 29.6 Å². The Labute approximate surface area is 140 Å². The molecule has 2 N–H and O–H groups in total. The normalized spacial score (nSPS) is 10.6. The summed E-state index contributed by atoms with van der Waals surface area (Å²) >= 11 is 5.02. The van der Waals surface area contributed by atoms with Gasteiger partial charge >= 0.3 is 0 Å². The van der Waals surface area contributed by atoms with Gasteiger partial charge in [-0.2, -0.15) is 0 Å². The van der Waals surface area contributed by atoms with Crippen molar-refractivity contribution in [2.24, 2.45) is 0 Å². The van der Waals surface area contributed by atoms with Gasteiger partial charge in [-0.15, -0.1) is 11.3 Å². The fourth-order valence-corrected chi connectivity index (χ4v) is 3.15. The van der Waals surface area contributed by atoms with Crippen LogP contribution in [0.2, 0.25) is 0 Å². The van der Waals surface area contributed by atoms with Crippen LogP contribution in [0, 0.1) is 0 Å². The number of nitrogens with one attached hydrogen (secondary N) is 2. The van der Waals surface area contributed by atoms with Crippen LogP contribution in [-0.4, -0.2) is 22.4 Å². The molecule has 0 saturated heterocycles. The lowest BCUT2D eigenvalue weighted by Gasteiger charge is -2.05. The molecule has 0 aliphatic carbocycles. The Bertz CT molecular complexity index is 750. The third-order valence-electron chi connectivity index (χ3n) is 3.24. The highest BCUT2D eigenvalue weighted by molar-refractivity contribution is 9.10. The molecule has 0 spiro atoms. The lowest BCUT2D eigenvalue weighted by atomic mass is 10.2. The second-order valence-electron chi connectivity index (χ2n) is 4.72. The van der Waals surface area contributed by atoms with Crippen molar-refractivity contribution in [2.45, 2.75) is 6.42 Å². The Morgan fingerprint density at radius 1 is 1.27 bits per heavy atom. The average Bonchev–Trinajstić information content (AvgIpc) is 3.18. The Hall–Kier alpha value is -1.92. The lowest BCUT2D eigenvalue weighted by molar-refractivity contribution is 0.0954. The highest BCUT2D eigenvalue weighted by Crippen LogP contribution is 2.25. The summed E-state index contributed by atoms with van der Waals surface area (Å²) in [6.07, 6.45) is 2.41. The third-order valence-corrected chi connectivity index (χ3v) is 4.65. The zero-order chi connectivity index (χ0) is 15.4. The molecule has 22 heavy (non-hydrogen) atoms. The number of carbonyl (C=O) groups excluding carboxylic acids is 1. The molecular formula is C16H14BrN3OS. The van der Waals surface area contributed by atoms with Crippen molar-refractivity contribution in [3.63, 3.8) is 0 Å². The van der Waals surface area contributed by atoms with E-state index in [-0.39, 0.29) is 5.91 Å². The highest BCUT2D eigenvalue weighted by atomic mass is 79.9. The average molecular weight is 376 g/mol. The zero-order valence-corrected chi connectivity index (χ0v) is 14.1. The van der Waals surface area contributed by atoms with Crippen molar-refractivity contribution in [2.75, 3.05) is 6.54 Å². The summed E-state index contributed by atoms with van der Waals surface area (Å²) in [5.74, 6) is -0.0651. The minimum atomic E-state index is -0.0651. The maximum absolute atomic E-state index is 12.0. The van der Waals surface area contributed by atoms with E-state index in [2.05, 4.69) is 31.2 Å². The maximum atomic E-state index is 12.0. The van der Waals surface area contributed by atoms with E-state index in [1.165, 1.54) is 0 Å². The molecule has 1 aromatic carbocycles. The number of imidazole rings is 1. The molecule has 3 rings (SSSR count). The molecule has 0 fully saturated rings. The minimum Gasteiger partial charge on any atom is -0.352 e. The summed E-state index contributed by atoms with van der Waals surface area (Å²) in [4.78, 5) is 20.7. The number of thiophene rings is 1. The summed E-state index contributed by atoms with van der Waals surface area (Å²) in [7, 11) is 0. The second kappa shape index (κ2) is 6.89. The van der Waals surface area contributed by atoms with Crippen LogP contribution in [0.25, 0.3) is 10.6 Å². The summed E-state index contributed by atoms with van der Waals surface area (Å²) in [6, 6.07) is 11.4. The minimum absolute atomic E-state index is 0.0651. The number of carbonyl (C=O) groups is 1. The van der Waals surface area contributed by atoms with Crippen LogP contribution < -0.4 is 5.32 Å². The summed E-state index contributed by atoms with van der Waals surface area (Å²) < 4.78 is 0.960. The van der Waals surface area contributed by atoms with Gasteiger partial charge in [-0.25, -0.2) is 4.98 Å². The predicted molar refractivity (Wildman–Crippen MR) is 92.1 cm³/mol. The van der Waals surface area contributed by atoms with Crippen molar-refractivity contribution in [3.05, 3.63) is 63.8 Å². The first-order valence-electron chi connectivity index (χ1n) is 6.84. The Morgan fingerprint density at radius 3 is 2.82 bits per heavy atom. The van der Waals surface area contributed by atoms with E-state index >= 15 is 0 Å². The molecule has 0 aliphatic heterocycles. The van der Waals surface area contributed by atoms with Gasteiger partial charge in [-0.05, 0) is 35.7 Å². The van der Waals surface area contributed by atoms with E-state index in [4.69, 9.17) is 0 Å². The van der Waals surface area contributed by atoms with Crippen LogP contribution in [0.1, 0.15) is 16.1 Å². The monoisotopic (exact) mass is 375 g/mol.